The van der Waals surface area contributed by atoms with Gasteiger partial charge in [-0.1, -0.05) is 12.1 Å². The summed E-state index contributed by atoms with van der Waals surface area (Å²) in [6.45, 7) is 5.77. The Balaban J connectivity index is 1.75. The number of ether oxygens (including phenoxy) is 2. The number of hydrogen-bond acceptors (Lipinski definition) is 3. The van der Waals surface area contributed by atoms with Crippen LogP contribution >= 0.6 is 0 Å². The molecule has 0 radical (unpaired) electrons. The van der Waals surface area contributed by atoms with E-state index in [9.17, 15) is 4.79 Å². The molecule has 1 saturated carbocycles. The van der Waals surface area contributed by atoms with E-state index in [-0.39, 0.29) is 17.0 Å². The lowest BCUT2D eigenvalue weighted by Gasteiger charge is -2.22. The quantitative estimate of drug-likeness (QED) is 0.694. The first-order valence-corrected chi connectivity index (χ1v) is 8.17. The van der Waals surface area contributed by atoms with E-state index >= 15 is 0 Å². The Labute approximate surface area is 134 Å². The molecule has 3 heteroatoms. The SMILES string of the molecule is COc1ccc(CCCC2(CC(=O)OC(C)(C)C)CC2)cc1. The summed E-state index contributed by atoms with van der Waals surface area (Å²) in [5.74, 6) is 0.849. The first-order chi connectivity index (χ1) is 10.3. The van der Waals surface area contributed by atoms with Gasteiger partial charge in [-0.3, -0.25) is 4.79 Å². The monoisotopic (exact) mass is 304 g/mol. The first-order valence-electron chi connectivity index (χ1n) is 8.17. The van der Waals surface area contributed by atoms with Crippen molar-refractivity contribution in [2.75, 3.05) is 7.11 Å². The molecular weight excluding hydrogens is 276 g/mol. The van der Waals surface area contributed by atoms with Crippen molar-refractivity contribution in [2.45, 2.75) is 64.9 Å². The maximum atomic E-state index is 12.0. The highest BCUT2D eigenvalue weighted by Gasteiger charge is 2.44. The predicted molar refractivity (Wildman–Crippen MR) is 88.1 cm³/mol. The highest BCUT2D eigenvalue weighted by atomic mass is 16.6. The van der Waals surface area contributed by atoms with Crippen LogP contribution in [0.1, 0.15) is 58.4 Å². The van der Waals surface area contributed by atoms with Crippen molar-refractivity contribution in [3.8, 4) is 5.75 Å². The van der Waals surface area contributed by atoms with Gasteiger partial charge < -0.3 is 9.47 Å². The van der Waals surface area contributed by atoms with Crippen LogP contribution in [-0.2, 0) is 16.0 Å². The van der Waals surface area contributed by atoms with Crippen molar-refractivity contribution in [1.82, 2.24) is 0 Å². The van der Waals surface area contributed by atoms with Crippen LogP contribution in [-0.4, -0.2) is 18.7 Å². The zero-order valence-electron chi connectivity index (χ0n) is 14.3. The van der Waals surface area contributed by atoms with Crippen LogP contribution in [0, 0.1) is 5.41 Å². The molecule has 0 aliphatic heterocycles. The molecule has 0 heterocycles. The second kappa shape index (κ2) is 6.72. The lowest BCUT2D eigenvalue weighted by Crippen LogP contribution is -2.25. The van der Waals surface area contributed by atoms with Crippen molar-refractivity contribution in [2.24, 2.45) is 5.41 Å². The highest BCUT2D eigenvalue weighted by Crippen LogP contribution is 2.53. The fraction of sp³-hybridized carbons (Fsp3) is 0.632. The molecule has 1 fully saturated rings. The topological polar surface area (TPSA) is 35.5 Å². The molecule has 3 nitrogen and oxygen atoms in total. The normalized spacial score (nSPS) is 16.2. The number of hydrogen-bond donors (Lipinski definition) is 0. The summed E-state index contributed by atoms with van der Waals surface area (Å²) in [7, 11) is 1.68. The molecule has 0 amide bonds. The summed E-state index contributed by atoms with van der Waals surface area (Å²) in [4.78, 5) is 12.0. The van der Waals surface area contributed by atoms with Crippen molar-refractivity contribution < 1.29 is 14.3 Å². The summed E-state index contributed by atoms with van der Waals surface area (Å²) in [6.07, 6.45) is 6.18. The van der Waals surface area contributed by atoms with Crippen LogP contribution in [0.25, 0.3) is 0 Å². The second-order valence-corrected chi connectivity index (χ2v) is 7.46. The third kappa shape index (κ3) is 5.36. The second-order valence-electron chi connectivity index (χ2n) is 7.46. The number of carbonyl (C=O) groups is 1. The van der Waals surface area contributed by atoms with E-state index in [1.807, 2.05) is 32.9 Å². The smallest absolute Gasteiger partial charge is 0.306 e. The van der Waals surface area contributed by atoms with E-state index in [4.69, 9.17) is 9.47 Å². The van der Waals surface area contributed by atoms with Gasteiger partial charge >= 0.3 is 5.97 Å². The van der Waals surface area contributed by atoms with Gasteiger partial charge in [-0.25, -0.2) is 0 Å². The summed E-state index contributed by atoms with van der Waals surface area (Å²) >= 11 is 0. The Kier molecular flexibility index (Phi) is 5.15. The van der Waals surface area contributed by atoms with E-state index in [2.05, 4.69) is 12.1 Å². The Bertz CT molecular complexity index is 492. The minimum Gasteiger partial charge on any atom is -0.497 e. The number of benzene rings is 1. The summed E-state index contributed by atoms with van der Waals surface area (Å²) in [5.41, 5.74) is 1.17. The molecule has 0 spiro atoms. The lowest BCUT2D eigenvalue weighted by molar-refractivity contribution is -0.156. The van der Waals surface area contributed by atoms with Crippen LogP contribution in [0.2, 0.25) is 0 Å². The zero-order chi connectivity index (χ0) is 16.2. The van der Waals surface area contributed by atoms with E-state index in [1.165, 1.54) is 5.56 Å². The maximum Gasteiger partial charge on any atom is 0.306 e. The lowest BCUT2D eigenvalue weighted by atomic mass is 9.93. The van der Waals surface area contributed by atoms with Gasteiger partial charge in [-0.2, -0.15) is 0 Å². The van der Waals surface area contributed by atoms with Crippen LogP contribution in [0.5, 0.6) is 5.75 Å². The van der Waals surface area contributed by atoms with Gasteiger partial charge in [0.25, 0.3) is 0 Å². The molecule has 1 aliphatic carbocycles. The van der Waals surface area contributed by atoms with Gasteiger partial charge in [0, 0.05) is 0 Å². The Hall–Kier alpha value is -1.51. The zero-order valence-corrected chi connectivity index (χ0v) is 14.3. The fourth-order valence-electron chi connectivity index (χ4n) is 2.84. The molecule has 1 aromatic rings. The minimum absolute atomic E-state index is 0.0468. The standard InChI is InChI=1S/C19H28O3/c1-18(2,3)22-17(20)14-19(12-13-19)11-5-6-15-7-9-16(21-4)10-8-15/h7-10H,5-6,11-14H2,1-4H3. The minimum atomic E-state index is -0.379. The summed E-state index contributed by atoms with van der Waals surface area (Å²) in [6, 6.07) is 8.24. The predicted octanol–water partition coefficient (Wildman–Crippen LogP) is 4.53. The molecule has 1 aromatic carbocycles. The Morgan fingerprint density at radius 2 is 1.82 bits per heavy atom. The molecule has 0 aromatic heterocycles. The van der Waals surface area contributed by atoms with Gasteiger partial charge in [0.1, 0.15) is 11.4 Å². The summed E-state index contributed by atoms with van der Waals surface area (Å²) in [5, 5.41) is 0. The van der Waals surface area contributed by atoms with Crippen LogP contribution in [0.4, 0.5) is 0 Å². The van der Waals surface area contributed by atoms with E-state index in [0.717, 1.165) is 37.9 Å². The first kappa shape index (κ1) is 16.9. The molecule has 1 aliphatic rings. The van der Waals surface area contributed by atoms with Crippen LogP contribution < -0.4 is 4.74 Å². The Morgan fingerprint density at radius 3 is 2.32 bits per heavy atom. The fourth-order valence-corrected chi connectivity index (χ4v) is 2.84. The van der Waals surface area contributed by atoms with Gasteiger partial charge in [0.05, 0.1) is 13.5 Å². The maximum absolute atomic E-state index is 12.0. The number of methoxy groups -OCH3 is 1. The third-order valence-electron chi connectivity index (χ3n) is 4.23. The van der Waals surface area contributed by atoms with Crippen molar-refractivity contribution in [1.29, 1.82) is 0 Å². The summed E-state index contributed by atoms with van der Waals surface area (Å²) < 4.78 is 10.6. The molecule has 0 saturated heterocycles. The molecular formula is C19H28O3. The molecule has 0 unspecified atom stereocenters. The van der Waals surface area contributed by atoms with Gasteiger partial charge in [0.2, 0.25) is 0 Å². The average Bonchev–Trinajstić information content (AvgIpc) is 3.17. The van der Waals surface area contributed by atoms with Gasteiger partial charge in [-0.15, -0.1) is 0 Å². The highest BCUT2D eigenvalue weighted by molar-refractivity contribution is 5.71. The van der Waals surface area contributed by atoms with Crippen molar-refractivity contribution >= 4 is 5.97 Å². The number of carbonyl (C=O) groups excluding carboxylic acids is 1. The molecule has 2 rings (SSSR count). The molecule has 0 N–H and O–H groups in total. The van der Waals surface area contributed by atoms with Gasteiger partial charge in [0.15, 0.2) is 0 Å². The number of rotatable bonds is 7. The molecule has 22 heavy (non-hydrogen) atoms. The average molecular weight is 304 g/mol. The van der Waals surface area contributed by atoms with Crippen LogP contribution in [0.3, 0.4) is 0 Å². The van der Waals surface area contributed by atoms with Crippen molar-refractivity contribution in [3.63, 3.8) is 0 Å². The number of aryl methyl sites for hydroxylation is 1. The molecule has 0 bridgehead atoms. The van der Waals surface area contributed by atoms with Crippen LogP contribution in [0.15, 0.2) is 24.3 Å². The third-order valence-corrected chi connectivity index (χ3v) is 4.23. The Morgan fingerprint density at radius 1 is 1.18 bits per heavy atom. The van der Waals surface area contributed by atoms with Gasteiger partial charge in [-0.05, 0) is 76.0 Å². The van der Waals surface area contributed by atoms with E-state index in [0.29, 0.717) is 6.42 Å². The van der Waals surface area contributed by atoms with E-state index < -0.39 is 0 Å². The largest absolute Gasteiger partial charge is 0.497 e. The van der Waals surface area contributed by atoms with E-state index in [1.54, 1.807) is 7.11 Å². The van der Waals surface area contributed by atoms with Crippen molar-refractivity contribution in [3.05, 3.63) is 29.8 Å². The molecule has 122 valence electrons. The number of esters is 1. The molecule has 0 atom stereocenters.